The summed E-state index contributed by atoms with van der Waals surface area (Å²) in [5.41, 5.74) is 1.43. The number of rotatable bonds is 3. The minimum absolute atomic E-state index is 0.109. The maximum absolute atomic E-state index is 13.3. The van der Waals surface area contributed by atoms with Crippen molar-refractivity contribution in [1.82, 2.24) is 14.5 Å². The van der Waals surface area contributed by atoms with Gasteiger partial charge in [-0.15, -0.1) is 11.3 Å². The Kier molecular flexibility index (Phi) is 4.58. The van der Waals surface area contributed by atoms with Crippen LogP contribution in [0.25, 0.3) is 10.2 Å². The molecule has 0 atom stereocenters. The number of nitrogens with zero attached hydrogens (tertiary/aromatic N) is 3. The van der Waals surface area contributed by atoms with Gasteiger partial charge in [-0.05, 0) is 78.1 Å². The molecule has 1 fully saturated rings. The highest BCUT2D eigenvalue weighted by Gasteiger charge is 2.24. The molecular formula is C19H28N4OS. The summed E-state index contributed by atoms with van der Waals surface area (Å²) < 4.78 is 1.88. The summed E-state index contributed by atoms with van der Waals surface area (Å²) >= 11 is 1.74. The first kappa shape index (κ1) is 17.0. The number of piperidine rings is 1. The Morgan fingerprint density at radius 2 is 1.92 bits per heavy atom. The van der Waals surface area contributed by atoms with Crippen molar-refractivity contribution in [2.75, 3.05) is 25.5 Å². The van der Waals surface area contributed by atoms with Crippen LogP contribution in [0.15, 0.2) is 4.79 Å². The third kappa shape index (κ3) is 3.10. The standard InChI is InChI=1S/C19H28N4OS/c1-12(2)23-18(24)16-14-6-4-5-7-15(14)25-17(16)21-19(23)20-13-8-10-22(3)11-9-13/h12-13H,4-11H2,1-3H3,(H,20,21). The predicted molar refractivity (Wildman–Crippen MR) is 105 cm³/mol. The molecule has 1 aliphatic heterocycles. The first-order valence-electron chi connectivity index (χ1n) is 9.56. The van der Waals surface area contributed by atoms with Gasteiger partial charge < -0.3 is 10.2 Å². The van der Waals surface area contributed by atoms with Crippen LogP contribution >= 0.6 is 11.3 Å². The van der Waals surface area contributed by atoms with E-state index in [0.29, 0.717) is 6.04 Å². The zero-order valence-corrected chi connectivity index (χ0v) is 16.3. The molecule has 0 radical (unpaired) electrons. The number of likely N-dealkylation sites (tertiary alicyclic amines) is 1. The molecule has 2 aliphatic rings. The number of nitrogens with one attached hydrogen (secondary N) is 1. The van der Waals surface area contributed by atoms with E-state index in [4.69, 9.17) is 4.98 Å². The van der Waals surface area contributed by atoms with Gasteiger partial charge in [0.05, 0.1) is 5.39 Å². The maximum Gasteiger partial charge on any atom is 0.264 e. The van der Waals surface area contributed by atoms with Crippen LogP contribution in [0.1, 0.15) is 56.0 Å². The van der Waals surface area contributed by atoms with Crippen molar-refractivity contribution in [2.24, 2.45) is 0 Å². The van der Waals surface area contributed by atoms with Crippen molar-refractivity contribution >= 4 is 27.5 Å². The van der Waals surface area contributed by atoms with E-state index in [0.717, 1.165) is 54.9 Å². The quantitative estimate of drug-likeness (QED) is 0.911. The first-order valence-corrected chi connectivity index (χ1v) is 10.4. The van der Waals surface area contributed by atoms with E-state index in [1.165, 1.54) is 23.3 Å². The molecule has 2 aromatic rings. The van der Waals surface area contributed by atoms with E-state index in [9.17, 15) is 4.79 Å². The highest BCUT2D eigenvalue weighted by Crippen LogP contribution is 2.34. The van der Waals surface area contributed by atoms with Crippen molar-refractivity contribution in [3.8, 4) is 0 Å². The van der Waals surface area contributed by atoms with E-state index in [2.05, 4.69) is 31.1 Å². The van der Waals surface area contributed by atoms with Gasteiger partial charge >= 0.3 is 0 Å². The van der Waals surface area contributed by atoms with E-state index < -0.39 is 0 Å². The Balaban J connectivity index is 1.78. The Morgan fingerprint density at radius 1 is 1.20 bits per heavy atom. The van der Waals surface area contributed by atoms with Crippen molar-refractivity contribution in [3.63, 3.8) is 0 Å². The van der Waals surface area contributed by atoms with Crippen molar-refractivity contribution in [2.45, 2.75) is 64.5 Å². The topological polar surface area (TPSA) is 50.2 Å². The van der Waals surface area contributed by atoms with Gasteiger partial charge in [-0.2, -0.15) is 0 Å². The molecule has 1 N–H and O–H groups in total. The van der Waals surface area contributed by atoms with Crippen LogP contribution in [0, 0.1) is 0 Å². The molecule has 0 amide bonds. The molecule has 0 saturated carbocycles. The van der Waals surface area contributed by atoms with Crippen molar-refractivity contribution in [3.05, 3.63) is 20.8 Å². The fourth-order valence-electron chi connectivity index (χ4n) is 4.13. The summed E-state index contributed by atoms with van der Waals surface area (Å²) in [5, 5.41) is 4.49. The van der Waals surface area contributed by atoms with Crippen LogP contribution in [0.2, 0.25) is 0 Å². The van der Waals surface area contributed by atoms with Crippen molar-refractivity contribution < 1.29 is 0 Å². The number of fused-ring (bicyclic) bond motifs is 3. The van der Waals surface area contributed by atoms with Crippen molar-refractivity contribution in [1.29, 1.82) is 0 Å². The monoisotopic (exact) mass is 360 g/mol. The van der Waals surface area contributed by atoms with Gasteiger partial charge in [0.2, 0.25) is 5.95 Å². The minimum Gasteiger partial charge on any atom is -0.353 e. The van der Waals surface area contributed by atoms with E-state index in [1.54, 1.807) is 11.3 Å². The fourth-order valence-corrected chi connectivity index (χ4v) is 5.39. The zero-order valence-electron chi connectivity index (χ0n) is 15.5. The molecule has 5 nitrogen and oxygen atoms in total. The van der Waals surface area contributed by atoms with Gasteiger partial charge in [0.25, 0.3) is 5.56 Å². The predicted octanol–water partition coefficient (Wildman–Crippen LogP) is 3.42. The van der Waals surface area contributed by atoms with Crippen LogP contribution < -0.4 is 10.9 Å². The molecule has 0 spiro atoms. The molecule has 3 heterocycles. The average Bonchev–Trinajstić information content (AvgIpc) is 2.95. The van der Waals surface area contributed by atoms with Gasteiger partial charge in [-0.1, -0.05) is 0 Å². The Morgan fingerprint density at radius 3 is 2.64 bits per heavy atom. The van der Waals surface area contributed by atoms with Crippen LogP contribution in [0.5, 0.6) is 0 Å². The van der Waals surface area contributed by atoms with Crippen LogP contribution in [-0.4, -0.2) is 40.6 Å². The molecule has 136 valence electrons. The lowest BCUT2D eigenvalue weighted by Gasteiger charge is -2.30. The molecule has 2 aromatic heterocycles. The molecule has 6 heteroatoms. The van der Waals surface area contributed by atoms with Gasteiger partial charge in [-0.25, -0.2) is 4.98 Å². The normalized spacial score (nSPS) is 19.5. The number of thiophene rings is 1. The number of aromatic nitrogens is 2. The summed E-state index contributed by atoms with van der Waals surface area (Å²) in [4.78, 5) is 22.9. The zero-order chi connectivity index (χ0) is 17.6. The molecular weight excluding hydrogens is 332 g/mol. The second-order valence-electron chi connectivity index (χ2n) is 7.82. The van der Waals surface area contributed by atoms with Gasteiger partial charge in [-0.3, -0.25) is 9.36 Å². The third-order valence-electron chi connectivity index (χ3n) is 5.59. The molecule has 0 aromatic carbocycles. The van der Waals surface area contributed by atoms with E-state index >= 15 is 0 Å². The minimum atomic E-state index is 0.109. The lowest BCUT2D eigenvalue weighted by molar-refractivity contribution is 0.263. The van der Waals surface area contributed by atoms with Crippen LogP contribution in [0.4, 0.5) is 5.95 Å². The second kappa shape index (κ2) is 6.72. The molecule has 1 aliphatic carbocycles. The van der Waals surface area contributed by atoms with Gasteiger partial charge in [0.15, 0.2) is 0 Å². The van der Waals surface area contributed by atoms with Crippen LogP contribution in [-0.2, 0) is 12.8 Å². The number of anilines is 1. The van der Waals surface area contributed by atoms with E-state index in [1.807, 2.05) is 4.57 Å². The third-order valence-corrected chi connectivity index (χ3v) is 6.77. The largest absolute Gasteiger partial charge is 0.353 e. The molecule has 0 bridgehead atoms. The number of hydrogen-bond donors (Lipinski definition) is 1. The van der Waals surface area contributed by atoms with E-state index in [-0.39, 0.29) is 11.6 Å². The molecule has 25 heavy (non-hydrogen) atoms. The maximum atomic E-state index is 13.3. The lowest BCUT2D eigenvalue weighted by atomic mass is 9.97. The number of hydrogen-bond acceptors (Lipinski definition) is 5. The number of aryl methyl sites for hydroxylation is 2. The Bertz CT molecular complexity index is 830. The Labute approximate surface area is 153 Å². The fraction of sp³-hybridized carbons (Fsp3) is 0.684. The highest BCUT2D eigenvalue weighted by atomic mass is 32.1. The smallest absolute Gasteiger partial charge is 0.264 e. The molecule has 4 rings (SSSR count). The van der Waals surface area contributed by atoms with Crippen LogP contribution in [0.3, 0.4) is 0 Å². The summed E-state index contributed by atoms with van der Waals surface area (Å²) in [6.07, 6.45) is 6.77. The summed E-state index contributed by atoms with van der Waals surface area (Å²) in [7, 11) is 2.17. The van der Waals surface area contributed by atoms with Gasteiger partial charge in [0.1, 0.15) is 4.83 Å². The SMILES string of the molecule is CC(C)n1c(NC2CCN(C)CC2)nc2sc3c(c2c1=O)CCCC3. The summed E-state index contributed by atoms with van der Waals surface area (Å²) in [5.74, 6) is 0.764. The highest BCUT2D eigenvalue weighted by molar-refractivity contribution is 7.18. The second-order valence-corrected chi connectivity index (χ2v) is 8.90. The lowest BCUT2D eigenvalue weighted by Crippen LogP contribution is -2.38. The molecule has 1 saturated heterocycles. The summed E-state index contributed by atoms with van der Waals surface area (Å²) in [6.45, 7) is 6.35. The summed E-state index contributed by atoms with van der Waals surface area (Å²) in [6, 6.07) is 0.512. The Hall–Kier alpha value is -1.40. The molecule has 0 unspecified atom stereocenters. The first-order chi connectivity index (χ1) is 12.0. The average molecular weight is 361 g/mol. The van der Waals surface area contributed by atoms with Gasteiger partial charge in [0, 0.05) is 17.0 Å².